The van der Waals surface area contributed by atoms with E-state index in [1.807, 2.05) is 19.2 Å². The molecule has 0 saturated carbocycles. The largest absolute Gasteiger partial charge is 0.372 e. The van der Waals surface area contributed by atoms with Crippen LogP contribution in [0, 0.1) is 6.92 Å². The lowest BCUT2D eigenvalue weighted by Gasteiger charge is -2.36. The summed E-state index contributed by atoms with van der Waals surface area (Å²) in [5.74, 6) is 2.45. The minimum Gasteiger partial charge on any atom is -0.372 e. The van der Waals surface area contributed by atoms with Crippen molar-refractivity contribution < 1.29 is 4.74 Å². The van der Waals surface area contributed by atoms with Gasteiger partial charge in [-0.25, -0.2) is 9.97 Å². The minimum absolute atomic E-state index is 0.224. The second kappa shape index (κ2) is 6.87. The molecule has 1 fully saturated rings. The van der Waals surface area contributed by atoms with Crippen molar-refractivity contribution in [2.24, 2.45) is 0 Å². The van der Waals surface area contributed by atoms with Crippen molar-refractivity contribution in [3.63, 3.8) is 0 Å². The van der Waals surface area contributed by atoms with Crippen LogP contribution in [0.4, 0.5) is 11.6 Å². The smallest absolute Gasteiger partial charge is 0.254 e. The zero-order valence-corrected chi connectivity index (χ0v) is 15.3. The highest BCUT2D eigenvalue weighted by Gasteiger charge is 2.22. The Morgan fingerprint density at radius 3 is 2.73 bits per heavy atom. The summed E-state index contributed by atoms with van der Waals surface area (Å²) in [4.78, 5) is 15.4. The average Bonchev–Trinajstić information content (AvgIpc) is 3.07. The van der Waals surface area contributed by atoms with E-state index in [0.29, 0.717) is 12.3 Å². The molecule has 3 aromatic rings. The summed E-state index contributed by atoms with van der Waals surface area (Å²) in [6.07, 6.45) is 3.87. The lowest BCUT2D eigenvalue weighted by molar-refractivity contribution is -0.00545. The van der Waals surface area contributed by atoms with Gasteiger partial charge in [0, 0.05) is 37.6 Å². The quantitative estimate of drug-likeness (QED) is 0.769. The first-order chi connectivity index (χ1) is 12.6. The fourth-order valence-corrected chi connectivity index (χ4v) is 3.32. The molecule has 2 atom stereocenters. The molecule has 0 radical (unpaired) electrons. The van der Waals surface area contributed by atoms with E-state index >= 15 is 0 Å². The molecule has 1 saturated heterocycles. The van der Waals surface area contributed by atoms with E-state index in [9.17, 15) is 0 Å². The summed E-state index contributed by atoms with van der Waals surface area (Å²) in [6, 6.07) is 6.14. The summed E-state index contributed by atoms with van der Waals surface area (Å²) < 4.78 is 7.49. The van der Waals surface area contributed by atoms with Gasteiger partial charge in [0.15, 0.2) is 0 Å². The number of morpholine rings is 1. The van der Waals surface area contributed by atoms with E-state index in [0.717, 1.165) is 36.0 Å². The van der Waals surface area contributed by atoms with Crippen molar-refractivity contribution in [2.45, 2.75) is 39.5 Å². The van der Waals surface area contributed by atoms with Gasteiger partial charge in [0.2, 0.25) is 0 Å². The molecule has 0 aliphatic carbocycles. The van der Waals surface area contributed by atoms with Crippen LogP contribution in [0.3, 0.4) is 0 Å². The van der Waals surface area contributed by atoms with Gasteiger partial charge < -0.3 is 15.0 Å². The molecule has 1 N–H and O–H groups in total. The first-order valence-corrected chi connectivity index (χ1v) is 8.85. The molecule has 8 heteroatoms. The van der Waals surface area contributed by atoms with E-state index in [2.05, 4.69) is 56.2 Å². The molecule has 136 valence electrons. The molecule has 4 heterocycles. The van der Waals surface area contributed by atoms with E-state index < -0.39 is 0 Å². The number of hydrogen-bond acceptors (Lipinski definition) is 7. The van der Waals surface area contributed by atoms with Crippen molar-refractivity contribution in [2.75, 3.05) is 23.3 Å². The Bertz CT molecular complexity index is 882. The standard InChI is InChI=1S/C18H23N7O/c1-12-6-17(25-18(23-12)21-11-22-25)20-8-15-4-5-16(19-7-15)24-9-13(2)26-14(3)10-24/h4-7,11,13-14,20H,8-10H2,1-3H3. The number of aromatic nitrogens is 5. The Morgan fingerprint density at radius 2 is 2.00 bits per heavy atom. The number of ether oxygens (including phenoxy) is 1. The zero-order chi connectivity index (χ0) is 18.1. The van der Waals surface area contributed by atoms with Crippen molar-refractivity contribution in [3.05, 3.63) is 42.0 Å². The van der Waals surface area contributed by atoms with Crippen LogP contribution < -0.4 is 10.2 Å². The van der Waals surface area contributed by atoms with Gasteiger partial charge in [-0.1, -0.05) is 6.07 Å². The average molecular weight is 353 g/mol. The Kier molecular flexibility index (Phi) is 4.42. The highest BCUT2D eigenvalue weighted by molar-refractivity contribution is 5.46. The van der Waals surface area contributed by atoms with Crippen LogP contribution in [-0.4, -0.2) is 49.9 Å². The predicted octanol–water partition coefficient (Wildman–Crippen LogP) is 2.05. The van der Waals surface area contributed by atoms with Gasteiger partial charge in [0.1, 0.15) is 18.0 Å². The van der Waals surface area contributed by atoms with Gasteiger partial charge in [-0.3, -0.25) is 0 Å². The highest BCUT2D eigenvalue weighted by atomic mass is 16.5. The van der Waals surface area contributed by atoms with Gasteiger partial charge >= 0.3 is 0 Å². The Labute approximate surface area is 152 Å². The lowest BCUT2D eigenvalue weighted by atomic mass is 10.2. The Balaban J connectivity index is 1.45. The maximum atomic E-state index is 5.79. The summed E-state index contributed by atoms with van der Waals surface area (Å²) >= 11 is 0. The molecule has 1 aliphatic rings. The molecule has 0 spiro atoms. The third-order valence-electron chi connectivity index (χ3n) is 4.41. The predicted molar refractivity (Wildman–Crippen MR) is 99.3 cm³/mol. The van der Waals surface area contributed by atoms with Crippen LogP contribution in [0.5, 0.6) is 0 Å². The number of anilines is 2. The number of rotatable bonds is 4. The monoisotopic (exact) mass is 353 g/mol. The van der Waals surface area contributed by atoms with Crippen LogP contribution in [0.15, 0.2) is 30.7 Å². The van der Waals surface area contributed by atoms with Gasteiger partial charge in [0.05, 0.1) is 12.2 Å². The van der Waals surface area contributed by atoms with Gasteiger partial charge in [-0.05, 0) is 32.4 Å². The molecule has 0 bridgehead atoms. The molecular formula is C18H23N7O. The summed E-state index contributed by atoms with van der Waals surface area (Å²) in [5, 5.41) is 7.60. The van der Waals surface area contributed by atoms with E-state index in [1.54, 1.807) is 4.52 Å². The maximum absolute atomic E-state index is 5.79. The number of nitrogens with zero attached hydrogens (tertiary/aromatic N) is 6. The first kappa shape index (κ1) is 16.7. The van der Waals surface area contributed by atoms with E-state index in [1.165, 1.54) is 6.33 Å². The summed E-state index contributed by atoms with van der Waals surface area (Å²) in [6.45, 7) is 8.54. The van der Waals surface area contributed by atoms with Crippen LogP contribution in [-0.2, 0) is 11.3 Å². The van der Waals surface area contributed by atoms with Crippen LogP contribution >= 0.6 is 0 Å². The SMILES string of the molecule is Cc1cc(NCc2ccc(N3CC(C)OC(C)C3)nc2)n2ncnc2n1. The maximum Gasteiger partial charge on any atom is 0.254 e. The fraction of sp³-hybridized carbons (Fsp3) is 0.444. The number of pyridine rings is 1. The summed E-state index contributed by atoms with van der Waals surface area (Å²) in [7, 11) is 0. The number of nitrogens with one attached hydrogen (secondary N) is 1. The number of aryl methyl sites for hydroxylation is 1. The Hall–Kier alpha value is -2.74. The third kappa shape index (κ3) is 3.45. The van der Waals surface area contributed by atoms with E-state index in [4.69, 9.17) is 4.74 Å². The van der Waals surface area contributed by atoms with Gasteiger partial charge in [-0.2, -0.15) is 14.6 Å². The molecule has 0 aromatic carbocycles. The zero-order valence-electron chi connectivity index (χ0n) is 15.3. The van der Waals surface area contributed by atoms with Crippen molar-refractivity contribution in [3.8, 4) is 0 Å². The lowest BCUT2D eigenvalue weighted by Crippen LogP contribution is -2.45. The molecule has 2 unspecified atom stereocenters. The molecule has 8 nitrogen and oxygen atoms in total. The molecular weight excluding hydrogens is 330 g/mol. The van der Waals surface area contributed by atoms with E-state index in [-0.39, 0.29) is 12.2 Å². The van der Waals surface area contributed by atoms with Crippen LogP contribution in [0.1, 0.15) is 25.1 Å². The highest BCUT2D eigenvalue weighted by Crippen LogP contribution is 2.19. The Morgan fingerprint density at radius 1 is 1.19 bits per heavy atom. The van der Waals surface area contributed by atoms with Gasteiger partial charge in [-0.15, -0.1) is 0 Å². The van der Waals surface area contributed by atoms with Crippen LogP contribution in [0.25, 0.3) is 5.78 Å². The van der Waals surface area contributed by atoms with Crippen molar-refractivity contribution in [1.82, 2.24) is 24.6 Å². The number of hydrogen-bond donors (Lipinski definition) is 1. The van der Waals surface area contributed by atoms with Crippen LogP contribution in [0.2, 0.25) is 0 Å². The second-order valence-corrected chi connectivity index (χ2v) is 6.80. The first-order valence-electron chi connectivity index (χ1n) is 8.85. The molecule has 0 amide bonds. The van der Waals surface area contributed by atoms with Crippen molar-refractivity contribution in [1.29, 1.82) is 0 Å². The molecule has 1 aliphatic heterocycles. The normalized spacial score (nSPS) is 20.5. The second-order valence-electron chi connectivity index (χ2n) is 6.80. The van der Waals surface area contributed by atoms with Crippen molar-refractivity contribution >= 4 is 17.4 Å². The minimum atomic E-state index is 0.224. The molecule has 3 aromatic heterocycles. The summed E-state index contributed by atoms with van der Waals surface area (Å²) in [5.41, 5.74) is 2.00. The number of fused-ring (bicyclic) bond motifs is 1. The third-order valence-corrected chi connectivity index (χ3v) is 4.41. The molecule has 26 heavy (non-hydrogen) atoms. The topological polar surface area (TPSA) is 80.5 Å². The molecule has 4 rings (SSSR count). The van der Waals surface area contributed by atoms with Gasteiger partial charge in [0.25, 0.3) is 5.78 Å². The fourth-order valence-electron chi connectivity index (χ4n) is 3.32.